The number of ether oxygens (including phenoxy) is 2. The van der Waals surface area contributed by atoms with Crippen molar-refractivity contribution in [3.63, 3.8) is 0 Å². The lowest BCUT2D eigenvalue weighted by Gasteiger charge is -2.57. The zero-order valence-corrected chi connectivity index (χ0v) is 17.4. The van der Waals surface area contributed by atoms with Gasteiger partial charge in [-0.05, 0) is 37.0 Å². The lowest BCUT2D eigenvalue weighted by Crippen LogP contribution is -2.72. The summed E-state index contributed by atoms with van der Waals surface area (Å²) in [6.07, 6.45) is 1.16. The van der Waals surface area contributed by atoms with Gasteiger partial charge in [0.25, 0.3) is 5.91 Å². The Morgan fingerprint density at radius 1 is 1.09 bits per heavy atom. The third-order valence-corrected chi connectivity index (χ3v) is 6.36. The molecule has 1 amide bonds. The molecule has 4 heterocycles. The Kier molecular flexibility index (Phi) is 5.19. The number of anilines is 1. The molecule has 1 spiro atoms. The van der Waals surface area contributed by atoms with Crippen molar-refractivity contribution >= 4 is 11.6 Å². The van der Waals surface area contributed by atoms with Crippen LogP contribution in [0.3, 0.4) is 0 Å². The van der Waals surface area contributed by atoms with Crippen LogP contribution >= 0.6 is 0 Å². The molecule has 0 atom stereocenters. The van der Waals surface area contributed by atoms with Crippen molar-refractivity contribution in [2.75, 3.05) is 37.7 Å². The van der Waals surface area contributed by atoms with Gasteiger partial charge in [0.05, 0.1) is 24.3 Å². The molecule has 0 unspecified atom stereocenters. The van der Waals surface area contributed by atoms with Gasteiger partial charge in [-0.2, -0.15) is 0 Å². The number of carbonyl (C=O) groups is 1. The van der Waals surface area contributed by atoms with Crippen molar-refractivity contribution < 1.29 is 27.4 Å². The fraction of sp³-hybridized carbons (Fsp3) is 0.500. The highest BCUT2D eigenvalue weighted by Gasteiger charge is 2.53. The second-order valence-corrected chi connectivity index (χ2v) is 8.54. The first-order chi connectivity index (χ1) is 15.3. The topological polar surface area (TPSA) is 67.8 Å². The monoisotopic (exact) mass is 448 g/mol. The highest BCUT2D eigenvalue weighted by atomic mass is 19.4. The molecular weight excluding hydrogens is 425 g/mol. The van der Waals surface area contributed by atoms with Crippen molar-refractivity contribution in [2.45, 2.75) is 37.6 Å². The maximum atomic E-state index is 12.7. The Bertz CT molecular complexity index is 999. The number of aryl methyl sites for hydroxylation is 2. The van der Waals surface area contributed by atoms with Gasteiger partial charge in [0.1, 0.15) is 11.6 Å². The second-order valence-electron chi connectivity index (χ2n) is 8.54. The second kappa shape index (κ2) is 7.91. The van der Waals surface area contributed by atoms with E-state index in [-0.39, 0.29) is 17.2 Å². The molecule has 10 heteroatoms. The summed E-state index contributed by atoms with van der Waals surface area (Å²) in [5.41, 5.74) is 1.72. The first kappa shape index (κ1) is 21.0. The van der Waals surface area contributed by atoms with E-state index in [1.54, 1.807) is 0 Å². The Morgan fingerprint density at radius 3 is 2.38 bits per heavy atom. The molecule has 0 radical (unpaired) electrons. The van der Waals surface area contributed by atoms with Gasteiger partial charge < -0.3 is 19.3 Å². The molecule has 7 nitrogen and oxygen atoms in total. The number of rotatable bonds is 6. The number of halogens is 3. The smallest absolute Gasteiger partial charge is 0.406 e. The van der Waals surface area contributed by atoms with E-state index in [0.29, 0.717) is 49.6 Å². The molecule has 5 rings (SSSR count). The number of nitrogens with zero attached hydrogens (tertiary/aromatic N) is 4. The molecule has 0 bridgehead atoms. The summed E-state index contributed by atoms with van der Waals surface area (Å²) in [6.45, 7) is 3.50. The largest absolute Gasteiger partial charge is 0.573 e. The van der Waals surface area contributed by atoms with Gasteiger partial charge in [0, 0.05) is 50.2 Å². The average molecular weight is 448 g/mol. The van der Waals surface area contributed by atoms with Crippen molar-refractivity contribution in [2.24, 2.45) is 0 Å². The van der Waals surface area contributed by atoms with Gasteiger partial charge >= 0.3 is 6.36 Å². The fourth-order valence-electron chi connectivity index (χ4n) is 4.24. The predicted octanol–water partition coefficient (Wildman–Crippen LogP) is 2.99. The summed E-state index contributed by atoms with van der Waals surface area (Å²) in [4.78, 5) is 25.1. The van der Waals surface area contributed by atoms with Crippen LogP contribution in [0.1, 0.15) is 34.6 Å². The zero-order valence-electron chi connectivity index (χ0n) is 17.4. The lowest BCUT2D eigenvalue weighted by atomic mass is 9.82. The maximum Gasteiger partial charge on any atom is 0.573 e. The average Bonchev–Trinajstić information content (AvgIpc) is 2.62. The Balaban J connectivity index is 1.25. The molecule has 3 aliphatic rings. The fourth-order valence-corrected chi connectivity index (χ4v) is 4.24. The summed E-state index contributed by atoms with van der Waals surface area (Å²) in [5, 5.41) is 0. The van der Waals surface area contributed by atoms with Crippen LogP contribution in [0, 0.1) is 0 Å². The van der Waals surface area contributed by atoms with Crippen molar-refractivity contribution in [1.29, 1.82) is 0 Å². The third-order valence-electron chi connectivity index (χ3n) is 6.36. The van der Waals surface area contributed by atoms with Crippen LogP contribution in [0.15, 0.2) is 30.6 Å². The van der Waals surface area contributed by atoms with E-state index in [9.17, 15) is 18.0 Å². The minimum absolute atomic E-state index is 0.0951. The van der Waals surface area contributed by atoms with E-state index < -0.39 is 6.36 Å². The standard InChI is InChI=1S/C22H23F3N4O3/c23-22(24,25)32-18-9-15(8-17(10-18)28-5-1-6-28)2-3-19-26-11-16(12-27-19)20(30)29-7-4-21(29)13-31-14-21/h8-12H,1-7,13-14H2. The van der Waals surface area contributed by atoms with Gasteiger partial charge in [-0.3, -0.25) is 4.79 Å². The summed E-state index contributed by atoms with van der Waals surface area (Å²) >= 11 is 0. The number of likely N-dealkylation sites (tertiary alicyclic amines) is 1. The first-order valence-corrected chi connectivity index (χ1v) is 10.7. The maximum absolute atomic E-state index is 12.7. The van der Waals surface area contributed by atoms with E-state index in [0.717, 1.165) is 31.6 Å². The van der Waals surface area contributed by atoms with Crippen molar-refractivity contribution in [1.82, 2.24) is 14.9 Å². The number of benzene rings is 1. The van der Waals surface area contributed by atoms with Crippen LogP contribution in [-0.2, 0) is 17.6 Å². The van der Waals surface area contributed by atoms with Gasteiger partial charge in [0.15, 0.2) is 0 Å². The molecule has 170 valence electrons. The number of carbonyl (C=O) groups excluding carboxylic acids is 1. The molecule has 3 aliphatic heterocycles. The third kappa shape index (κ3) is 4.11. The van der Waals surface area contributed by atoms with Crippen LogP contribution in [0.2, 0.25) is 0 Å². The molecule has 1 aromatic carbocycles. The summed E-state index contributed by atoms with van der Waals surface area (Å²) in [7, 11) is 0. The molecule has 1 aromatic heterocycles. The van der Waals surface area contributed by atoms with Crippen LogP contribution in [0.4, 0.5) is 18.9 Å². The van der Waals surface area contributed by atoms with Crippen molar-refractivity contribution in [3.8, 4) is 5.75 Å². The lowest BCUT2D eigenvalue weighted by molar-refractivity contribution is -0.274. The predicted molar refractivity (Wildman–Crippen MR) is 109 cm³/mol. The molecule has 0 N–H and O–H groups in total. The number of aromatic nitrogens is 2. The number of alkyl halides is 3. The van der Waals surface area contributed by atoms with E-state index >= 15 is 0 Å². The molecule has 2 aromatic rings. The first-order valence-electron chi connectivity index (χ1n) is 10.7. The highest BCUT2D eigenvalue weighted by Crippen LogP contribution is 2.38. The summed E-state index contributed by atoms with van der Waals surface area (Å²) < 4.78 is 47.6. The summed E-state index contributed by atoms with van der Waals surface area (Å²) in [5.74, 6) is 0.212. The molecule has 0 aliphatic carbocycles. The Hall–Kier alpha value is -2.88. The van der Waals surface area contributed by atoms with Gasteiger partial charge in [-0.15, -0.1) is 13.2 Å². The van der Waals surface area contributed by atoms with Crippen LogP contribution in [0.5, 0.6) is 5.75 Å². The normalized spacial score (nSPS) is 19.2. The van der Waals surface area contributed by atoms with E-state index in [1.165, 1.54) is 24.5 Å². The number of hydrogen-bond donors (Lipinski definition) is 0. The van der Waals surface area contributed by atoms with E-state index in [2.05, 4.69) is 14.7 Å². The number of hydrogen-bond acceptors (Lipinski definition) is 6. The SMILES string of the molecule is O=C(c1cnc(CCc2cc(OC(F)(F)F)cc(N3CCC3)c2)nc1)N1CCC12COC2. The zero-order chi connectivity index (χ0) is 22.3. The van der Waals surface area contributed by atoms with Crippen LogP contribution < -0.4 is 9.64 Å². The Labute approximate surface area is 183 Å². The van der Waals surface area contributed by atoms with Crippen LogP contribution in [-0.4, -0.2) is 65.5 Å². The van der Waals surface area contributed by atoms with E-state index in [1.807, 2.05) is 15.9 Å². The molecule has 3 fully saturated rings. The molecular formula is C22H23F3N4O3. The van der Waals surface area contributed by atoms with Gasteiger partial charge in [-0.25, -0.2) is 9.97 Å². The van der Waals surface area contributed by atoms with E-state index in [4.69, 9.17) is 4.74 Å². The quantitative estimate of drug-likeness (QED) is 0.677. The molecule has 0 saturated carbocycles. The highest BCUT2D eigenvalue weighted by molar-refractivity contribution is 5.94. The number of amides is 1. The van der Waals surface area contributed by atoms with Crippen molar-refractivity contribution in [3.05, 3.63) is 47.5 Å². The van der Waals surface area contributed by atoms with Gasteiger partial charge in [0.2, 0.25) is 0 Å². The van der Waals surface area contributed by atoms with Gasteiger partial charge in [-0.1, -0.05) is 0 Å². The van der Waals surface area contributed by atoms with Crippen LogP contribution in [0.25, 0.3) is 0 Å². The summed E-state index contributed by atoms with van der Waals surface area (Å²) in [6, 6.07) is 4.70. The Morgan fingerprint density at radius 2 is 1.84 bits per heavy atom. The molecule has 3 saturated heterocycles. The minimum Gasteiger partial charge on any atom is -0.406 e. The minimum atomic E-state index is -4.74. The molecule has 32 heavy (non-hydrogen) atoms.